The number of carboxylic acid groups (broad SMARTS) is 1. The van der Waals surface area contributed by atoms with Crippen molar-refractivity contribution in [1.29, 1.82) is 5.26 Å². The fourth-order valence-electron chi connectivity index (χ4n) is 4.65. The molecule has 0 bridgehead atoms. The molecule has 2 fully saturated rings. The molecule has 10 heteroatoms. The lowest BCUT2D eigenvalue weighted by Crippen LogP contribution is -2.42. The predicted molar refractivity (Wildman–Crippen MR) is 133 cm³/mol. The average molecular weight is 489 g/mol. The van der Waals surface area contributed by atoms with Crippen molar-refractivity contribution in [3.8, 4) is 6.07 Å². The van der Waals surface area contributed by atoms with Gasteiger partial charge in [0.15, 0.2) is 0 Å². The summed E-state index contributed by atoms with van der Waals surface area (Å²) in [7, 11) is 0. The van der Waals surface area contributed by atoms with Gasteiger partial charge in [-0.15, -0.1) is 0 Å². The molecule has 176 valence electrons. The summed E-state index contributed by atoms with van der Waals surface area (Å²) >= 11 is 6.43. The standard InChI is InChI=1S/C23H28N4O4S2/c1-5-26-20(25-11-13(2)8-14(3)12-25)16(15(4)17(10-24)21(26)30)9-18-22(31)27(23(32)33-18)7-6-19(28)29/h9,13-14H,5-8,11-12H2,1-4H3,(H,28,29)/b18-9+. The fraction of sp³-hybridized carbons (Fsp3) is 0.522. The molecule has 33 heavy (non-hydrogen) atoms. The Bertz CT molecular complexity index is 1120. The number of aromatic nitrogens is 1. The maximum atomic E-state index is 13.1. The van der Waals surface area contributed by atoms with Crippen molar-refractivity contribution >= 4 is 52.1 Å². The topological polar surface area (TPSA) is 107 Å². The monoisotopic (exact) mass is 488 g/mol. The lowest BCUT2D eigenvalue weighted by atomic mass is 9.91. The lowest BCUT2D eigenvalue weighted by molar-refractivity contribution is -0.137. The Balaban J connectivity index is 2.17. The van der Waals surface area contributed by atoms with Crippen molar-refractivity contribution in [2.75, 3.05) is 24.5 Å². The van der Waals surface area contributed by atoms with E-state index in [-0.39, 0.29) is 30.0 Å². The lowest BCUT2D eigenvalue weighted by Gasteiger charge is -2.38. The minimum absolute atomic E-state index is 0.00222. The molecule has 1 N–H and O–H groups in total. The molecule has 1 aromatic heterocycles. The van der Waals surface area contributed by atoms with Crippen molar-refractivity contribution in [1.82, 2.24) is 9.47 Å². The number of nitrogens with zero attached hydrogens (tertiary/aromatic N) is 4. The molecule has 1 aromatic rings. The van der Waals surface area contributed by atoms with Crippen molar-refractivity contribution in [3.63, 3.8) is 0 Å². The van der Waals surface area contributed by atoms with Crippen LogP contribution in [0.2, 0.25) is 0 Å². The third-order valence-electron chi connectivity index (χ3n) is 6.03. The van der Waals surface area contributed by atoms with Crippen LogP contribution >= 0.6 is 24.0 Å². The summed E-state index contributed by atoms with van der Waals surface area (Å²) in [6.45, 7) is 9.91. The number of thiocarbonyl (C=S) groups is 1. The van der Waals surface area contributed by atoms with E-state index >= 15 is 0 Å². The molecule has 0 spiro atoms. The van der Waals surface area contributed by atoms with Gasteiger partial charge in [-0.3, -0.25) is 23.9 Å². The molecule has 0 radical (unpaired) electrons. The van der Waals surface area contributed by atoms with E-state index in [0.29, 0.717) is 44.6 Å². The zero-order valence-corrected chi connectivity index (χ0v) is 20.9. The minimum Gasteiger partial charge on any atom is -0.481 e. The van der Waals surface area contributed by atoms with E-state index < -0.39 is 5.97 Å². The van der Waals surface area contributed by atoms with Gasteiger partial charge < -0.3 is 10.0 Å². The number of hydrogen-bond acceptors (Lipinski definition) is 7. The number of pyridine rings is 1. The molecule has 3 heterocycles. The third kappa shape index (κ3) is 4.99. The normalized spacial score (nSPS) is 22.2. The highest BCUT2D eigenvalue weighted by atomic mass is 32.2. The first-order valence-electron chi connectivity index (χ1n) is 11.0. The number of anilines is 1. The maximum Gasteiger partial charge on any atom is 0.305 e. The van der Waals surface area contributed by atoms with Crippen LogP contribution in [0.25, 0.3) is 6.08 Å². The van der Waals surface area contributed by atoms with Crippen LogP contribution in [0.15, 0.2) is 9.70 Å². The summed E-state index contributed by atoms with van der Waals surface area (Å²) in [6.07, 6.45) is 2.60. The van der Waals surface area contributed by atoms with E-state index in [1.54, 1.807) is 17.6 Å². The SMILES string of the molecule is CCn1c(N2CC(C)CC(C)C2)c(/C=C2/SC(=S)N(CCC(=O)O)C2=O)c(C)c(C#N)c1=O. The first kappa shape index (κ1) is 25.0. The van der Waals surface area contributed by atoms with Gasteiger partial charge in [-0.05, 0) is 43.7 Å². The molecule has 3 rings (SSSR count). The number of carboxylic acids is 1. The molecule has 8 nitrogen and oxygen atoms in total. The molecule has 0 aliphatic carbocycles. The number of carbonyl (C=O) groups is 2. The van der Waals surface area contributed by atoms with Crippen LogP contribution < -0.4 is 10.5 Å². The Hall–Kier alpha value is -2.64. The zero-order valence-electron chi connectivity index (χ0n) is 19.3. The Morgan fingerprint density at radius 1 is 1.30 bits per heavy atom. The highest BCUT2D eigenvalue weighted by Crippen LogP contribution is 2.37. The summed E-state index contributed by atoms with van der Waals surface area (Å²) in [5, 5.41) is 18.7. The van der Waals surface area contributed by atoms with Gasteiger partial charge in [-0.25, -0.2) is 0 Å². The molecule has 0 saturated carbocycles. The van der Waals surface area contributed by atoms with Gasteiger partial charge in [0.05, 0.1) is 11.3 Å². The van der Waals surface area contributed by atoms with Crippen LogP contribution in [0.5, 0.6) is 0 Å². The van der Waals surface area contributed by atoms with Crippen molar-refractivity contribution in [3.05, 3.63) is 31.9 Å². The molecule has 1 amide bonds. The number of carbonyl (C=O) groups excluding carboxylic acids is 1. The van der Waals surface area contributed by atoms with E-state index in [1.165, 1.54) is 4.90 Å². The van der Waals surface area contributed by atoms with Gasteiger partial charge in [-0.2, -0.15) is 5.26 Å². The van der Waals surface area contributed by atoms with Crippen molar-refractivity contribution in [2.24, 2.45) is 11.8 Å². The van der Waals surface area contributed by atoms with E-state index in [4.69, 9.17) is 17.3 Å². The second-order valence-electron chi connectivity index (χ2n) is 8.73. The predicted octanol–water partition coefficient (Wildman–Crippen LogP) is 3.21. The van der Waals surface area contributed by atoms with Crippen LogP contribution in [0.1, 0.15) is 50.3 Å². The van der Waals surface area contributed by atoms with Gasteiger partial charge >= 0.3 is 5.97 Å². The smallest absolute Gasteiger partial charge is 0.305 e. The average Bonchev–Trinajstić information content (AvgIpc) is 3.00. The molecule has 0 aromatic carbocycles. The molecular weight excluding hydrogens is 460 g/mol. The summed E-state index contributed by atoms with van der Waals surface area (Å²) in [6, 6.07) is 2.04. The number of nitriles is 1. The number of piperidine rings is 1. The van der Waals surface area contributed by atoms with E-state index in [9.17, 15) is 19.6 Å². The summed E-state index contributed by atoms with van der Waals surface area (Å²) in [5.74, 6) is 0.227. The molecular formula is C23H28N4O4S2. The van der Waals surface area contributed by atoms with E-state index in [1.807, 2.05) is 13.0 Å². The van der Waals surface area contributed by atoms with E-state index in [2.05, 4.69) is 18.7 Å². The fourth-order valence-corrected chi connectivity index (χ4v) is 5.94. The highest BCUT2D eigenvalue weighted by molar-refractivity contribution is 8.26. The van der Waals surface area contributed by atoms with Crippen LogP contribution in [0.4, 0.5) is 5.82 Å². The van der Waals surface area contributed by atoms with Gasteiger partial charge in [-0.1, -0.05) is 37.8 Å². The number of hydrogen-bond donors (Lipinski definition) is 1. The first-order chi connectivity index (χ1) is 15.6. The zero-order chi connectivity index (χ0) is 24.4. The molecule has 2 aliphatic heterocycles. The minimum atomic E-state index is -1.01. The van der Waals surface area contributed by atoms with Crippen molar-refractivity contribution in [2.45, 2.75) is 47.1 Å². The molecule has 2 atom stereocenters. The molecule has 2 unspecified atom stereocenters. The Labute approximate surface area is 202 Å². The summed E-state index contributed by atoms with van der Waals surface area (Å²) in [4.78, 5) is 40.9. The van der Waals surface area contributed by atoms with Gasteiger partial charge in [0.1, 0.15) is 21.8 Å². The molecule has 2 saturated heterocycles. The molecule has 2 aliphatic rings. The van der Waals surface area contributed by atoms with Crippen LogP contribution in [0.3, 0.4) is 0 Å². The summed E-state index contributed by atoms with van der Waals surface area (Å²) < 4.78 is 1.92. The van der Waals surface area contributed by atoms with Gasteiger partial charge in [0, 0.05) is 31.7 Å². The van der Waals surface area contributed by atoms with E-state index in [0.717, 1.165) is 31.3 Å². The van der Waals surface area contributed by atoms with Gasteiger partial charge in [0.25, 0.3) is 11.5 Å². The number of thioether (sulfide) groups is 1. The first-order valence-corrected chi connectivity index (χ1v) is 12.2. The Morgan fingerprint density at radius 2 is 1.94 bits per heavy atom. The van der Waals surface area contributed by atoms with Crippen LogP contribution in [-0.2, 0) is 16.1 Å². The second kappa shape index (κ2) is 10.1. The number of amides is 1. The highest BCUT2D eigenvalue weighted by Gasteiger charge is 2.34. The quantitative estimate of drug-likeness (QED) is 0.481. The van der Waals surface area contributed by atoms with Crippen LogP contribution in [-0.4, -0.2) is 50.4 Å². The second-order valence-corrected chi connectivity index (χ2v) is 10.4. The largest absolute Gasteiger partial charge is 0.481 e. The number of rotatable bonds is 6. The number of aliphatic carboxylic acids is 1. The van der Waals surface area contributed by atoms with Gasteiger partial charge in [0.2, 0.25) is 0 Å². The maximum absolute atomic E-state index is 13.1. The Morgan fingerprint density at radius 3 is 2.48 bits per heavy atom. The van der Waals surface area contributed by atoms with Crippen molar-refractivity contribution < 1.29 is 14.7 Å². The Kier molecular flexibility index (Phi) is 7.65. The third-order valence-corrected chi connectivity index (χ3v) is 7.41. The van der Waals surface area contributed by atoms with Crippen LogP contribution in [0, 0.1) is 30.1 Å². The summed E-state index contributed by atoms with van der Waals surface area (Å²) in [5.41, 5.74) is 0.924.